The summed E-state index contributed by atoms with van der Waals surface area (Å²) in [7, 11) is 0. The molecule has 0 saturated heterocycles. The highest BCUT2D eigenvalue weighted by Crippen LogP contribution is 2.24. The maximum Gasteiger partial charge on any atom is 0.241 e. The van der Waals surface area contributed by atoms with E-state index in [9.17, 15) is 4.79 Å². The van der Waals surface area contributed by atoms with Crippen molar-refractivity contribution in [3.05, 3.63) is 36.0 Å². The Hall–Kier alpha value is -1.94. The van der Waals surface area contributed by atoms with Crippen LogP contribution in [0.15, 0.2) is 30.5 Å². The summed E-state index contributed by atoms with van der Waals surface area (Å²) in [6.07, 6.45) is 2.37. The van der Waals surface area contributed by atoms with Crippen molar-refractivity contribution in [2.45, 2.75) is 26.3 Å². The zero-order valence-electron chi connectivity index (χ0n) is 10.6. The van der Waals surface area contributed by atoms with Gasteiger partial charge >= 0.3 is 0 Å². The Morgan fingerprint density at radius 2 is 2.22 bits per heavy atom. The van der Waals surface area contributed by atoms with E-state index in [1.165, 1.54) is 0 Å². The van der Waals surface area contributed by atoms with Crippen LogP contribution >= 0.6 is 0 Å². The van der Waals surface area contributed by atoms with Crippen LogP contribution in [0.3, 0.4) is 0 Å². The van der Waals surface area contributed by atoms with E-state index in [1.807, 2.05) is 38.1 Å². The molecule has 94 valence electrons. The number of rotatable bonds is 3. The van der Waals surface area contributed by atoms with E-state index < -0.39 is 6.04 Å². The first-order valence-corrected chi connectivity index (χ1v) is 6.04. The molecule has 4 nitrogen and oxygen atoms in total. The number of fused-ring (bicyclic) bond motifs is 1. The fraction of sp³-hybridized carbons (Fsp3) is 0.286. The lowest BCUT2D eigenvalue weighted by Crippen LogP contribution is -2.34. The van der Waals surface area contributed by atoms with Crippen molar-refractivity contribution in [2.75, 3.05) is 5.32 Å². The molecule has 0 fully saturated rings. The lowest BCUT2D eigenvalue weighted by atomic mass is 10.1. The Kier molecular flexibility index (Phi) is 3.58. The van der Waals surface area contributed by atoms with Gasteiger partial charge in [0.1, 0.15) is 0 Å². The topological polar surface area (TPSA) is 68.0 Å². The van der Waals surface area contributed by atoms with Crippen LogP contribution in [0.1, 0.15) is 18.9 Å². The quantitative estimate of drug-likeness (QED) is 0.868. The van der Waals surface area contributed by atoms with Gasteiger partial charge in [0.25, 0.3) is 0 Å². The van der Waals surface area contributed by atoms with Gasteiger partial charge in [-0.15, -0.1) is 0 Å². The van der Waals surface area contributed by atoms with Gasteiger partial charge in [-0.3, -0.25) is 9.78 Å². The minimum Gasteiger partial charge on any atom is -0.324 e. The summed E-state index contributed by atoms with van der Waals surface area (Å²) in [5.74, 6) is -0.161. The molecule has 0 saturated carbocycles. The van der Waals surface area contributed by atoms with Crippen LogP contribution in [-0.4, -0.2) is 16.9 Å². The van der Waals surface area contributed by atoms with Gasteiger partial charge in [0.15, 0.2) is 0 Å². The first-order valence-electron chi connectivity index (χ1n) is 6.04. The number of anilines is 1. The Balaban J connectivity index is 2.40. The number of pyridine rings is 1. The monoisotopic (exact) mass is 243 g/mol. The summed E-state index contributed by atoms with van der Waals surface area (Å²) in [4.78, 5) is 16.1. The molecular weight excluding hydrogens is 226 g/mol. The number of aryl methyl sites for hydroxylation is 1. The first kappa shape index (κ1) is 12.5. The summed E-state index contributed by atoms with van der Waals surface area (Å²) in [5, 5.41) is 3.80. The van der Waals surface area contributed by atoms with Crippen molar-refractivity contribution < 1.29 is 4.79 Å². The minimum atomic E-state index is -0.474. The molecule has 1 atom stereocenters. The number of aromatic nitrogens is 1. The molecule has 2 aromatic rings. The van der Waals surface area contributed by atoms with E-state index in [1.54, 1.807) is 6.20 Å². The van der Waals surface area contributed by atoms with Crippen molar-refractivity contribution in [3.8, 4) is 0 Å². The fourth-order valence-electron chi connectivity index (χ4n) is 1.83. The van der Waals surface area contributed by atoms with E-state index >= 15 is 0 Å². The second-order valence-electron chi connectivity index (χ2n) is 4.33. The predicted octanol–water partition coefficient (Wildman–Crippen LogP) is 2.22. The number of nitrogens with one attached hydrogen (secondary N) is 1. The van der Waals surface area contributed by atoms with Crippen LogP contribution in [0.4, 0.5) is 5.69 Å². The van der Waals surface area contributed by atoms with Gasteiger partial charge in [0.05, 0.1) is 17.2 Å². The van der Waals surface area contributed by atoms with Gasteiger partial charge in [-0.1, -0.05) is 13.0 Å². The van der Waals surface area contributed by atoms with Crippen molar-refractivity contribution >= 4 is 22.5 Å². The average molecular weight is 243 g/mol. The lowest BCUT2D eigenvalue weighted by Gasteiger charge is -2.12. The first-order chi connectivity index (χ1) is 8.63. The Morgan fingerprint density at radius 1 is 1.44 bits per heavy atom. The van der Waals surface area contributed by atoms with Crippen molar-refractivity contribution in [2.24, 2.45) is 5.73 Å². The molecule has 0 bridgehead atoms. The summed E-state index contributed by atoms with van der Waals surface area (Å²) in [6, 6.07) is 7.17. The second-order valence-corrected chi connectivity index (χ2v) is 4.33. The van der Waals surface area contributed by atoms with Crippen molar-refractivity contribution in [1.82, 2.24) is 4.98 Å². The third-order valence-corrected chi connectivity index (χ3v) is 3.01. The summed E-state index contributed by atoms with van der Waals surface area (Å²) in [6.45, 7) is 3.89. The molecule has 1 aromatic heterocycles. The molecule has 0 radical (unpaired) electrons. The predicted molar refractivity (Wildman–Crippen MR) is 73.4 cm³/mol. The molecule has 0 spiro atoms. The number of nitrogens with zero attached hydrogens (tertiary/aromatic N) is 1. The zero-order chi connectivity index (χ0) is 13.1. The van der Waals surface area contributed by atoms with E-state index in [2.05, 4.69) is 10.3 Å². The largest absolute Gasteiger partial charge is 0.324 e. The van der Waals surface area contributed by atoms with Gasteiger partial charge in [-0.25, -0.2) is 0 Å². The van der Waals surface area contributed by atoms with Crippen LogP contribution in [-0.2, 0) is 4.79 Å². The highest BCUT2D eigenvalue weighted by molar-refractivity contribution is 6.03. The maximum atomic E-state index is 11.8. The molecule has 3 N–H and O–H groups in total. The Morgan fingerprint density at radius 3 is 2.94 bits per heavy atom. The SMILES string of the molecule is CC[C@H](N)C(=O)Nc1ccc(C)c2ncccc12. The molecule has 4 heteroatoms. The molecule has 0 aliphatic carbocycles. The smallest absolute Gasteiger partial charge is 0.241 e. The maximum absolute atomic E-state index is 11.8. The van der Waals surface area contributed by atoms with E-state index in [0.29, 0.717) is 6.42 Å². The van der Waals surface area contributed by atoms with Gasteiger partial charge < -0.3 is 11.1 Å². The number of nitrogens with two attached hydrogens (primary N) is 1. The van der Waals surface area contributed by atoms with E-state index in [4.69, 9.17) is 5.73 Å². The molecule has 2 rings (SSSR count). The molecular formula is C14H17N3O. The summed E-state index contributed by atoms with van der Waals surface area (Å²) in [5.41, 5.74) is 8.46. The number of hydrogen-bond acceptors (Lipinski definition) is 3. The minimum absolute atomic E-state index is 0.161. The Labute approximate surface area is 106 Å². The zero-order valence-corrected chi connectivity index (χ0v) is 10.6. The van der Waals surface area contributed by atoms with E-state index in [-0.39, 0.29) is 5.91 Å². The van der Waals surface area contributed by atoms with Crippen molar-refractivity contribution in [3.63, 3.8) is 0 Å². The molecule has 1 aromatic carbocycles. The number of hydrogen-bond donors (Lipinski definition) is 2. The normalized spacial score (nSPS) is 12.4. The van der Waals surface area contributed by atoms with Crippen LogP contribution in [0, 0.1) is 6.92 Å². The molecule has 18 heavy (non-hydrogen) atoms. The van der Waals surface area contributed by atoms with Gasteiger partial charge in [0.2, 0.25) is 5.91 Å². The third kappa shape index (κ3) is 2.33. The van der Waals surface area contributed by atoms with Crippen molar-refractivity contribution in [1.29, 1.82) is 0 Å². The van der Waals surface area contributed by atoms with Gasteiger partial charge in [-0.05, 0) is 37.1 Å². The molecule has 0 aliphatic heterocycles. The molecule has 0 aliphatic rings. The highest BCUT2D eigenvalue weighted by atomic mass is 16.2. The fourth-order valence-corrected chi connectivity index (χ4v) is 1.83. The Bertz CT molecular complexity index is 580. The number of carbonyl (C=O) groups is 1. The molecule has 1 amide bonds. The summed E-state index contributed by atoms with van der Waals surface area (Å²) < 4.78 is 0. The van der Waals surface area contributed by atoms with Crippen LogP contribution in [0.2, 0.25) is 0 Å². The molecule has 0 unspecified atom stereocenters. The average Bonchev–Trinajstić information content (AvgIpc) is 2.41. The standard InChI is InChI=1S/C14H17N3O/c1-3-11(15)14(18)17-12-7-6-9(2)13-10(12)5-4-8-16-13/h4-8,11H,3,15H2,1-2H3,(H,17,18)/t11-/m0/s1. The van der Waals surface area contributed by atoms with Crippen LogP contribution in [0.25, 0.3) is 10.9 Å². The second kappa shape index (κ2) is 5.14. The van der Waals surface area contributed by atoms with Crippen LogP contribution < -0.4 is 11.1 Å². The lowest BCUT2D eigenvalue weighted by molar-refractivity contribution is -0.117. The number of benzene rings is 1. The highest BCUT2D eigenvalue weighted by Gasteiger charge is 2.13. The third-order valence-electron chi connectivity index (χ3n) is 3.01. The van der Waals surface area contributed by atoms with Gasteiger partial charge in [0, 0.05) is 11.6 Å². The van der Waals surface area contributed by atoms with E-state index in [0.717, 1.165) is 22.2 Å². The molecule has 1 heterocycles. The van der Waals surface area contributed by atoms with Crippen LogP contribution in [0.5, 0.6) is 0 Å². The number of carbonyl (C=O) groups excluding carboxylic acids is 1. The summed E-state index contributed by atoms with van der Waals surface area (Å²) >= 11 is 0. The van der Waals surface area contributed by atoms with Gasteiger partial charge in [-0.2, -0.15) is 0 Å². The number of amides is 1.